The van der Waals surface area contributed by atoms with Gasteiger partial charge in [0.15, 0.2) is 0 Å². The van der Waals surface area contributed by atoms with E-state index in [0.717, 1.165) is 44.5 Å². The number of aromatic nitrogens is 1. The predicted molar refractivity (Wildman–Crippen MR) is 229 cm³/mol. The molecule has 2 aliphatic rings. The summed E-state index contributed by atoms with van der Waals surface area (Å²) in [5.74, 6) is 0. The highest BCUT2D eigenvalue weighted by Gasteiger charge is 2.25. The Hall–Kier alpha value is -6.45. The Labute approximate surface area is 315 Å². The Morgan fingerprint density at radius 2 is 0.944 bits per heavy atom. The maximum atomic E-state index is 5.23. The highest BCUT2D eigenvalue weighted by Crippen LogP contribution is 2.49. The van der Waals surface area contributed by atoms with Crippen LogP contribution in [0.15, 0.2) is 164 Å². The van der Waals surface area contributed by atoms with Gasteiger partial charge < -0.3 is 9.80 Å². The molecule has 0 atom stereocenters. The second-order valence-electron chi connectivity index (χ2n) is 14.9. The number of benzene rings is 8. The summed E-state index contributed by atoms with van der Waals surface area (Å²) in [6, 6.07) is 58.7. The summed E-state index contributed by atoms with van der Waals surface area (Å²) in [5.41, 5.74) is 12.7. The molecule has 0 radical (unpaired) electrons. The Bertz CT molecular complexity index is 2710. The molecule has 0 amide bonds. The lowest BCUT2D eigenvalue weighted by Crippen LogP contribution is -2.24. The molecule has 11 rings (SSSR count). The smallest absolute Gasteiger partial charge is 0.0792 e. The number of rotatable bonds is 4. The van der Waals surface area contributed by atoms with E-state index in [-0.39, 0.29) is 0 Å². The molecule has 0 saturated heterocycles. The minimum atomic E-state index is 0.995. The number of fused-ring (bicyclic) bond motifs is 6. The van der Waals surface area contributed by atoms with Crippen molar-refractivity contribution in [2.24, 2.45) is 0 Å². The van der Waals surface area contributed by atoms with Gasteiger partial charge in [0, 0.05) is 53.0 Å². The maximum Gasteiger partial charge on any atom is 0.0792 e. The lowest BCUT2D eigenvalue weighted by atomic mass is 9.84. The van der Waals surface area contributed by atoms with Gasteiger partial charge in [0.1, 0.15) is 0 Å². The summed E-state index contributed by atoms with van der Waals surface area (Å²) in [7, 11) is 0. The van der Waals surface area contributed by atoms with Gasteiger partial charge in [-0.15, -0.1) is 0 Å². The van der Waals surface area contributed by atoms with Crippen LogP contribution in [0.5, 0.6) is 0 Å². The topological polar surface area (TPSA) is 19.4 Å². The molecule has 0 bridgehead atoms. The molecule has 0 spiro atoms. The molecule has 3 nitrogen and oxygen atoms in total. The van der Waals surface area contributed by atoms with Crippen LogP contribution in [0.4, 0.5) is 22.7 Å². The van der Waals surface area contributed by atoms with Crippen molar-refractivity contribution in [3.8, 4) is 22.4 Å². The number of hydrogen-bond acceptors (Lipinski definition) is 3. The SMILES string of the molecule is c1ccc2c(c1)CCCN2c1ccc2c(-c3nccc4ccccc34)c3cc(N4CCCc5ccccc54)ccc3c(-c3cccc4ccccc34)c2c1. The van der Waals surface area contributed by atoms with Crippen molar-refractivity contribution >= 4 is 65.8 Å². The van der Waals surface area contributed by atoms with Gasteiger partial charge in [-0.3, -0.25) is 4.98 Å². The Morgan fingerprint density at radius 1 is 0.407 bits per heavy atom. The van der Waals surface area contributed by atoms with Crippen LogP contribution in [-0.2, 0) is 12.8 Å². The van der Waals surface area contributed by atoms with Crippen LogP contribution in [0.2, 0.25) is 0 Å². The molecule has 0 unspecified atom stereocenters. The van der Waals surface area contributed by atoms with E-state index < -0.39 is 0 Å². The van der Waals surface area contributed by atoms with Crippen LogP contribution < -0.4 is 9.80 Å². The summed E-state index contributed by atoms with van der Waals surface area (Å²) >= 11 is 0. The fourth-order valence-corrected chi connectivity index (χ4v) is 9.45. The number of aryl methyl sites for hydroxylation is 2. The number of hydrogen-bond donors (Lipinski definition) is 0. The van der Waals surface area contributed by atoms with E-state index in [4.69, 9.17) is 4.98 Å². The molecule has 0 N–H and O–H groups in total. The van der Waals surface area contributed by atoms with E-state index in [9.17, 15) is 0 Å². The molecule has 3 heteroatoms. The van der Waals surface area contributed by atoms with Gasteiger partial charge in [0.05, 0.1) is 5.69 Å². The molecule has 0 aliphatic carbocycles. The number of pyridine rings is 1. The van der Waals surface area contributed by atoms with Gasteiger partial charge in [-0.2, -0.15) is 0 Å². The van der Waals surface area contributed by atoms with Crippen molar-refractivity contribution in [1.29, 1.82) is 0 Å². The fraction of sp³-hybridized carbons (Fsp3) is 0.118. The largest absolute Gasteiger partial charge is 0.341 e. The third kappa shape index (κ3) is 4.92. The molecule has 0 saturated carbocycles. The minimum absolute atomic E-state index is 0.995. The molecular weight excluding hydrogens is 655 g/mol. The monoisotopic (exact) mass is 693 g/mol. The normalized spacial score (nSPS) is 14.1. The van der Waals surface area contributed by atoms with E-state index >= 15 is 0 Å². The van der Waals surface area contributed by atoms with Crippen LogP contribution in [0.1, 0.15) is 24.0 Å². The lowest BCUT2D eigenvalue weighted by molar-refractivity contribution is 0.767. The molecule has 3 heterocycles. The van der Waals surface area contributed by atoms with Crippen LogP contribution in [0.25, 0.3) is 65.5 Å². The van der Waals surface area contributed by atoms with E-state index in [2.05, 4.69) is 168 Å². The molecule has 2 aliphatic heterocycles. The van der Waals surface area contributed by atoms with Gasteiger partial charge in [-0.25, -0.2) is 0 Å². The third-order valence-electron chi connectivity index (χ3n) is 11.9. The highest BCUT2D eigenvalue weighted by molar-refractivity contribution is 6.25. The molecule has 54 heavy (non-hydrogen) atoms. The number of anilines is 4. The predicted octanol–water partition coefficient (Wildman–Crippen LogP) is 13.2. The van der Waals surface area contributed by atoms with Gasteiger partial charge >= 0.3 is 0 Å². The average molecular weight is 694 g/mol. The minimum Gasteiger partial charge on any atom is -0.341 e. The molecule has 0 fully saturated rings. The second-order valence-corrected chi connectivity index (χ2v) is 14.9. The van der Waals surface area contributed by atoms with E-state index in [0.29, 0.717) is 0 Å². The van der Waals surface area contributed by atoms with Crippen molar-refractivity contribution in [3.05, 3.63) is 175 Å². The Morgan fingerprint density at radius 3 is 1.63 bits per heavy atom. The zero-order chi connectivity index (χ0) is 35.6. The van der Waals surface area contributed by atoms with E-state index in [1.165, 1.54) is 93.7 Å². The fourth-order valence-electron chi connectivity index (χ4n) is 9.45. The first-order valence-corrected chi connectivity index (χ1v) is 19.4. The average Bonchev–Trinajstić information content (AvgIpc) is 3.24. The second kappa shape index (κ2) is 12.6. The summed E-state index contributed by atoms with van der Waals surface area (Å²) in [6.07, 6.45) is 6.49. The van der Waals surface area contributed by atoms with E-state index in [1.54, 1.807) is 0 Å². The van der Waals surface area contributed by atoms with Crippen LogP contribution in [0, 0.1) is 0 Å². The van der Waals surface area contributed by atoms with Crippen molar-refractivity contribution in [2.45, 2.75) is 25.7 Å². The van der Waals surface area contributed by atoms with E-state index in [1.807, 2.05) is 6.20 Å². The first kappa shape index (κ1) is 31.1. The quantitative estimate of drug-likeness (QED) is 0.171. The standard InChI is InChI=1S/C51H39N3/c1-5-19-40-34(12-1)16-9-21-42(40)49-43-26-24-39(54-31-11-18-37-15-4-8-23-48(37)54)33-46(43)50(51-41-20-6-2-13-35(41)28-29-52-51)44-27-25-38(32-45(44)49)53-30-10-17-36-14-3-7-22-47(36)53/h1-9,12-16,19-29,32-33H,10-11,17-18,30-31H2. The third-order valence-corrected chi connectivity index (χ3v) is 11.9. The van der Waals surface area contributed by atoms with Gasteiger partial charge in [0.2, 0.25) is 0 Å². The van der Waals surface area contributed by atoms with Crippen LogP contribution >= 0.6 is 0 Å². The Balaban J connectivity index is 1.28. The maximum absolute atomic E-state index is 5.23. The van der Waals surface area contributed by atoms with Gasteiger partial charge in [-0.1, -0.05) is 115 Å². The molecule has 8 aromatic carbocycles. The zero-order valence-corrected chi connectivity index (χ0v) is 30.2. The van der Waals surface area contributed by atoms with Crippen LogP contribution in [-0.4, -0.2) is 18.1 Å². The number of nitrogens with zero attached hydrogens (tertiary/aromatic N) is 3. The first-order chi connectivity index (χ1) is 26.8. The first-order valence-electron chi connectivity index (χ1n) is 19.4. The molecule has 9 aromatic rings. The highest BCUT2D eigenvalue weighted by atomic mass is 15.1. The van der Waals surface area contributed by atoms with Crippen molar-refractivity contribution in [3.63, 3.8) is 0 Å². The zero-order valence-electron chi connectivity index (χ0n) is 30.2. The molecule has 258 valence electrons. The van der Waals surface area contributed by atoms with Gasteiger partial charge in [0.25, 0.3) is 0 Å². The lowest BCUT2D eigenvalue weighted by Gasteiger charge is -2.32. The van der Waals surface area contributed by atoms with Crippen molar-refractivity contribution in [1.82, 2.24) is 4.98 Å². The summed E-state index contributed by atoms with van der Waals surface area (Å²) in [5, 5.41) is 9.83. The number of para-hydroxylation sites is 2. The molecule has 1 aromatic heterocycles. The van der Waals surface area contributed by atoms with Crippen molar-refractivity contribution < 1.29 is 0 Å². The summed E-state index contributed by atoms with van der Waals surface area (Å²) in [6.45, 7) is 1.99. The summed E-state index contributed by atoms with van der Waals surface area (Å²) in [4.78, 5) is 10.3. The van der Waals surface area contributed by atoms with Crippen LogP contribution in [0.3, 0.4) is 0 Å². The summed E-state index contributed by atoms with van der Waals surface area (Å²) < 4.78 is 0. The molecular formula is C51H39N3. The van der Waals surface area contributed by atoms with Crippen molar-refractivity contribution in [2.75, 3.05) is 22.9 Å². The van der Waals surface area contributed by atoms with Gasteiger partial charge in [-0.05, 0) is 128 Å². The Kier molecular flexibility index (Phi) is 7.26.